The van der Waals surface area contributed by atoms with Crippen LogP contribution in [0.2, 0.25) is 5.02 Å². The number of nitrogens with two attached hydrogens (primary N) is 1. The SMILES string of the molecule is CC(N)CCC(=O)Nc1ccc(Oc2ccc(Cl)cn2)cc1.Cl.Cl. The molecule has 132 valence electrons. The maximum atomic E-state index is 11.7. The molecule has 1 heterocycles. The third kappa shape index (κ3) is 7.84. The monoisotopic (exact) mass is 391 g/mol. The second-order valence-corrected chi connectivity index (χ2v) is 5.44. The van der Waals surface area contributed by atoms with E-state index >= 15 is 0 Å². The fourth-order valence-electron chi connectivity index (χ4n) is 1.73. The molecule has 8 heteroatoms. The van der Waals surface area contributed by atoms with E-state index in [-0.39, 0.29) is 36.8 Å². The van der Waals surface area contributed by atoms with E-state index in [9.17, 15) is 4.79 Å². The van der Waals surface area contributed by atoms with Gasteiger partial charge in [0.15, 0.2) is 0 Å². The Bertz CT molecular complexity index is 619. The fraction of sp³-hybridized carbons (Fsp3) is 0.250. The first-order valence-electron chi connectivity index (χ1n) is 6.98. The number of carbonyl (C=O) groups is 1. The number of nitrogens with one attached hydrogen (secondary N) is 1. The number of aromatic nitrogens is 1. The first-order valence-corrected chi connectivity index (χ1v) is 7.35. The Labute approximate surface area is 158 Å². The zero-order valence-corrected chi connectivity index (χ0v) is 15.5. The van der Waals surface area contributed by atoms with Gasteiger partial charge in [-0.05, 0) is 43.7 Å². The number of pyridine rings is 1. The molecule has 0 bridgehead atoms. The van der Waals surface area contributed by atoms with E-state index in [1.54, 1.807) is 36.4 Å². The number of carbonyl (C=O) groups excluding carboxylic acids is 1. The number of hydrogen-bond donors (Lipinski definition) is 2. The average molecular weight is 393 g/mol. The van der Waals surface area contributed by atoms with Crippen LogP contribution in [0.25, 0.3) is 0 Å². The molecule has 5 nitrogen and oxygen atoms in total. The van der Waals surface area contributed by atoms with Crippen molar-refractivity contribution in [3.63, 3.8) is 0 Å². The van der Waals surface area contributed by atoms with Crippen molar-refractivity contribution in [3.05, 3.63) is 47.6 Å². The van der Waals surface area contributed by atoms with Crippen LogP contribution in [0.5, 0.6) is 11.6 Å². The summed E-state index contributed by atoms with van der Waals surface area (Å²) in [6.07, 6.45) is 2.59. The number of ether oxygens (including phenoxy) is 1. The Kier molecular flexibility index (Phi) is 10.4. The Balaban J connectivity index is 0.00000264. The number of benzene rings is 1. The molecule has 2 rings (SSSR count). The van der Waals surface area contributed by atoms with Gasteiger partial charge in [-0.15, -0.1) is 24.8 Å². The molecule has 24 heavy (non-hydrogen) atoms. The molecule has 0 spiro atoms. The van der Waals surface area contributed by atoms with Crippen LogP contribution in [0.3, 0.4) is 0 Å². The maximum Gasteiger partial charge on any atom is 0.224 e. The van der Waals surface area contributed by atoms with Crippen molar-refractivity contribution in [1.29, 1.82) is 0 Å². The minimum Gasteiger partial charge on any atom is -0.439 e. The van der Waals surface area contributed by atoms with E-state index in [2.05, 4.69) is 10.3 Å². The Morgan fingerprint density at radius 1 is 1.25 bits per heavy atom. The first kappa shape index (κ1) is 22.5. The van der Waals surface area contributed by atoms with Gasteiger partial charge >= 0.3 is 0 Å². The zero-order valence-electron chi connectivity index (χ0n) is 13.1. The normalized spacial score (nSPS) is 10.8. The van der Waals surface area contributed by atoms with Crippen molar-refractivity contribution < 1.29 is 9.53 Å². The van der Waals surface area contributed by atoms with Crippen LogP contribution in [0, 0.1) is 0 Å². The molecule has 2 aromatic rings. The number of rotatable bonds is 6. The number of hydrogen-bond acceptors (Lipinski definition) is 4. The summed E-state index contributed by atoms with van der Waals surface area (Å²) in [5.41, 5.74) is 6.34. The van der Waals surface area contributed by atoms with Crippen molar-refractivity contribution in [2.24, 2.45) is 5.73 Å². The largest absolute Gasteiger partial charge is 0.439 e. The summed E-state index contributed by atoms with van der Waals surface area (Å²) in [5.74, 6) is 1.03. The molecule has 1 amide bonds. The minimum atomic E-state index is -0.0506. The molecule has 1 unspecified atom stereocenters. The highest BCUT2D eigenvalue weighted by Gasteiger charge is 2.05. The van der Waals surface area contributed by atoms with Gasteiger partial charge in [0.1, 0.15) is 5.75 Å². The third-order valence-electron chi connectivity index (χ3n) is 2.89. The van der Waals surface area contributed by atoms with Gasteiger partial charge in [-0.25, -0.2) is 4.98 Å². The van der Waals surface area contributed by atoms with Crippen molar-refractivity contribution in [3.8, 4) is 11.6 Å². The molecule has 0 aliphatic carbocycles. The standard InChI is InChI=1S/C16H18ClN3O2.2ClH/c1-11(18)2-8-15(21)20-13-4-6-14(7-5-13)22-16-9-3-12(17)10-19-16;;/h3-7,9-11H,2,8,18H2,1H3,(H,20,21);2*1H. The van der Waals surface area contributed by atoms with Crippen LogP contribution >= 0.6 is 36.4 Å². The molecule has 0 saturated carbocycles. The highest BCUT2D eigenvalue weighted by atomic mass is 35.5. The Morgan fingerprint density at radius 3 is 2.46 bits per heavy atom. The van der Waals surface area contributed by atoms with Gasteiger partial charge in [-0.1, -0.05) is 11.6 Å². The molecule has 0 saturated heterocycles. The van der Waals surface area contributed by atoms with Gasteiger partial charge in [-0.3, -0.25) is 4.79 Å². The third-order valence-corrected chi connectivity index (χ3v) is 3.11. The molecule has 1 atom stereocenters. The van der Waals surface area contributed by atoms with Crippen LogP contribution in [-0.2, 0) is 4.79 Å². The second kappa shape index (κ2) is 11.1. The van der Waals surface area contributed by atoms with Gasteiger partial charge in [0, 0.05) is 30.4 Å². The number of amides is 1. The smallest absolute Gasteiger partial charge is 0.224 e. The molecule has 1 aromatic heterocycles. The lowest BCUT2D eigenvalue weighted by atomic mass is 10.2. The van der Waals surface area contributed by atoms with E-state index in [1.165, 1.54) is 6.20 Å². The van der Waals surface area contributed by atoms with Crippen LogP contribution in [0.4, 0.5) is 5.69 Å². The second-order valence-electron chi connectivity index (χ2n) is 5.01. The van der Waals surface area contributed by atoms with E-state index in [0.717, 1.165) is 0 Å². The predicted octanol–water partition coefficient (Wildman–Crippen LogP) is 4.44. The molecular formula is C16H20Cl3N3O2. The van der Waals surface area contributed by atoms with Crippen molar-refractivity contribution in [2.75, 3.05) is 5.32 Å². The summed E-state index contributed by atoms with van der Waals surface area (Å²) >= 11 is 5.76. The predicted molar refractivity (Wildman–Crippen MR) is 102 cm³/mol. The van der Waals surface area contributed by atoms with E-state index < -0.39 is 0 Å². The molecule has 1 aromatic carbocycles. The fourth-order valence-corrected chi connectivity index (χ4v) is 1.84. The quantitative estimate of drug-likeness (QED) is 0.762. The van der Waals surface area contributed by atoms with Gasteiger partial charge in [0.25, 0.3) is 0 Å². The van der Waals surface area contributed by atoms with E-state index in [4.69, 9.17) is 22.1 Å². The minimum absolute atomic E-state index is 0. The van der Waals surface area contributed by atoms with Crippen molar-refractivity contribution in [2.45, 2.75) is 25.8 Å². The van der Waals surface area contributed by atoms with Crippen LogP contribution in [-0.4, -0.2) is 16.9 Å². The van der Waals surface area contributed by atoms with Gasteiger partial charge in [0.05, 0.1) is 5.02 Å². The van der Waals surface area contributed by atoms with Crippen molar-refractivity contribution in [1.82, 2.24) is 4.98 Å². The van der Waals surface area contributed by atoms with Gasteiger partial charge in [0.2, 0.25) is 11.8 Å². The van der Waals surface area contributed by atoms with E-state index in [0.29, 0.717) is 35.2 Å². The summed E-state index contributed by atoms with van der Waals surface area (Å²) in [5, 5.41) is 3.37. The van der Waals surface area contributed by atoms with Crippen LogP contribution in [0.15, 0.2) is 42.6 Å². The van der Waals surface area contributed by atoms with Crippen molar-refractivity contribution >= 4 is 48.0 Å². The summed E-state index contributed by atoms with van der Waals surface area (Å²) in [6.45, 7) is 1.88. The summed E-state index contributed by atoms with van der Waals surface area (Å²) in [4.78, 5) is 15.8. The maximum absolute atomic E-state index is 11.7. The summed E-state index contributed by atoms with van der Waals surface area (Å²) < 4.78 is 5.57. The first-order chi connectivity index (χ1) is 10.5. The highest BCUT2D eigenvalue weighted by molar-refractivity contribution is 6.30. The molecule has 0 radical (unpaired) electrons. The lowest BCUT2D eigenvalue weighted by Crippen LogP contribution is -2.19. The molecule has 0 aliphatic heterocycles. The molecule has 3 N–H and O–H groups in total. The zero-order chi connectivity index (χ0) is 15.9. The lowest BCUT2D eigenvalue weighted by Gasteiger charge is -2.08. The van der Waals surface area contributed by atoms with Crippen LogP contribution < -0.4 is 15.8 Å². The summed E-state index contributed by atoms with van der Waals surface area (Å²) in [6, 6.07) is 10.5. The number of nitrogens with zero attached hydrogens (tertiary/aromatic N) is 1. The van der Waals surface area contributed by atoms with E-state index in [1.807, 2.05) is 6.92 Å². The summed E-state index contributed by atoms with van der Waals surface area (Å²) in [7, 11) is 0. The Morgan fingerprint density at radius 2 is 1.92 bits per heavy atom. The number of halogens is 3. The highest BCUT2D eigenvalue weighted by Crippen LogP contribution is 2.22. The molecule has 0 fully saturated rings. The van der Waals surface area contributed by atoms with Gasteiger partial charge < -0.3 is 15.8 Å². The van der Waals surface area contributed by atoms with Gasteiger partial charge in [-0.2, -0.15) is 0 Å². The van der Waals surface area contributed by atoms with Crippen LogP contribution in [0.1, 0.15) is 19.8 Å². The lowest BCUT2D eigenvalue weighted by molar-refractivity contribution is -0.116. The molecule has 0 aliphatic rings. The number of anilines is 1. The topological polar surface area (TPSA) is 77.2 Å². The Hall–Kier alpha value is -1.53. The average Bonchev–Trinajstić information content (AvgIpc) is 2.49. The molecular weight excluding hydrogens is 373 g/mol.